The van der Waals surface area contributed by atoms with Gasteiger partial charge in [0.1, 0.15) is 0 Å². The maximum atomic E-state index is 6.29. The first-order chi connectivity index (χ1) is 11.8. The fraction of sp³-hybridized carbons (Fsp3) is 0. The van der Waals surface area contributed by atoms with Crippen LogP contribution in [0.3, 0.4) is 0 Å². The van der Waals surface area contributed by atoms with Gasteiger partial charge in [-0.2, -0.15) is 5.10 Å². The van der Waals surface area contributed by atoms with Gasteiger partial charge in [0.25, 0.3) is 0 Å². The molecule has 24 heavy (non-hydrogen) atoms. The van der Waals surface area contributed by atoms with Gasteiger partial charge in [-0.15, -0.1) is 0 Å². The Morgan fingerprint density at radius 2 is 1.58 bits per heavy atom. The highest BCUT2D eigenvalue weighted by molar-refractivity contribution is 6.31. The Hall–Kier alpha value is -2.84. The van der Waals surface area contributed by atoms with Crippen LogP contribution in [0.1, 0.15) is 0 Å². The zero-order valence-electron chi connectivity index (χ0n) is 12.8. The minimum atomic E-state index is 0.736. The quantitative estimate of drug-likeness (QED) is 0.371. The molecule has 0 aliphatic rings. The number of benzene rings is 3. The SMILES string of the molecule is Clc1ccc2cnn3c4ccccc4c(-c4ccccc4)c3c2c1. The molecule has 3 aromatic carbocycles. The third kappa shape index (κ3) is 1.87. The molecule has 114 valence electrons. The Morgan fingerprint density at radius 1 is 0.792 bits per heavy atom. The van der Waals surface area contributed by atoms with Crippen molar-refractivity contribution in [2.75, 3.05) is 0 Å². The van der Waals surface area contributed by atoms with E-state index in [1.165, 1.54) is 16.5 Å². The lowest BCUT2D eigenvalue weighted by Crippen LogP contribution is -1.92. The van der Waals surface area contributed by atoms with E-state index >= 15 is 0 Å². The summed E-state index contributed by atoms with van der Waals surface area (Å²) < 4.78 is 2.02. The monoisotopic (exact) mass is 328 g/mol. The Labute approximate surface area is 143 Å². The van der Waals surface area contributed by atoms with Crippen LogP contribution in [0.5, 0.6) is 0 Å². The van der Waals surface area contributed by atoms with Crippen molar-refractivity contribution in [1.29, 1.82) is 0 Å². The predicted molar refractivity (Wildman–Crippen MR) is 101 cm³/mol. The molecule has 0 bridgehead atoms. The van der Waals surface area contributed by atoms with Gasteiger partial charge in [0.15, 0.2) is 0 Å². The molecular formula is C21H13ClN2. The van der Waals surface area contributed by atoms with Gasteiger partial charge >= 0.3 is 0 Å². The van der Waals surface area contributed by atoms with Gasteiger partial charge in [0.05, 0.1) is 17.2 Å². The Kier molecular flexibility index (Phi) is 2.88. The lowest BCUT2D eigenvalue weighted by molar-refractivity contribution is 0.988. The highest BCUT2D eigenvalue weighted by Crippen LogP contribution is 2.38. The van der Waals surface area contributed by atoms with Crippen LogP contribution < -0.4 is 0 Å². The number of rotatable bonds is 1. The van der Waals surface area contributed by atoms with E-state index in [4.69, 9.17) is 11.6 Å². The summed E-state index contributed by atoms with van der Waals surface area (Å²) in [6.07, 6.45) is 1.90. The number of fused-ring (bicyclic) bond motifs is 5. The summed E-state index contributed by atoms with van der Waals surface area (Å²) in [7, 11) is 0. The summed E-state index contributed by atoms with van der Waals surface area (Å²) in [5, 5.41) is 8.83. The van der Waals surface area contributed by atoms with Crippen molar-refractivity contribution in [3.63, 3.8) is 0 Å². The molecule has 2 heterocycles. The summed E-state index contributed by atoms with van der Waals surface area (Å²) in [6, 6.07) is 24.8. The molecule has 0 saturated carbocycles. The van der Waals surface area contributed by atoms with Gasteiger partial charge in [0, 0.05) is 26.7 Å². The maximum Gasteiger partial charge on any atom is 0.0817 e. The number of para-hydroxylation sites is 1. The van der Waals surface area contributed by atoms with Crippen LogP contribution in [-0.2, 0) is 0 Å². The fourth-order valence-electron chi connectivity index (χ4n) is 3.46. The van der Waals surface area contributed by atoms with E-state index in [1.807, 2.05) is 41.0 Å². The van der Waals surface area contributed by atoms with Crippen LogP contribution in [0.2, 0.25) is 5.02 Å². The van der Waals surface area contributed by atoms with Gasteiger partial charge in [-0.3, -0.25) is 0 Å². The topological polar surface area (TPSA) is 17.3 Å². The van der Waals surface area contributed by atoms with Crippen molar-refractivity contribution in [2.45, 2.75) is 0 Å². The molecule has 0 spiro atoms. The average molecular weight is 329 g/mol. The van der Waals surface area contributed by atoms with Gasteiger partial charge in [-0.05, 0) is 23.8 Å². The molecule has 0 fully saturated rings. The smallest absolute Gasteiger partial charge is 0.0817 e. The molecular weight excluding hydrogens is 316 g/mol. The van der Waals surface area contributed by atoms with Gasteiger partial charge in [-0.1, -0.05) is 66.2 Å². The molecule has 0 aliphatic carbocycles. The molecule has 0 radical (unpaired) electrons. The largest absolute Gasteiger partial charge is 0.232 e. The number of hydrogen-bond donors (Lipinski definition) is 0. The third-order valence-electron chi connectivity index (χ3n) is 4.50. The van der Waals surface area contributed by atoms with Gasteiger partial charge in [-0.25, -0.2) is 4.52 Å². The van der Waals surface area contributed by atoms with Crippen molar-refractivity contribution < 1.29 is 0 Å². The summed E-state index contributed by atoms with van der Waals surface area (Å²) in [6.45, 7) is 0. The first-order valence-electron chi connectivity index (χ1n) is 7.86. The maximum absolute atomic E-state index is 6.29. The molecule has 5 rings (SSSR count). The predicted octanol–water partition coefficient (Wildman–Crippen LogP) is 5.96. The van der Waals surface area contributed by atoms with Gasteiger partial charge < -0.3 is 0 Å². The minimum absolute atomic E-state index is 0.736. The second-order valence-electron chi connectivity index (χ2n) is 5.89. The van der Waals surface area contributed by atoms with E-state index in [0.717, 1.165) is 26.8 Å². The first kappa shape index (κ1) is 13.6. The van der Waals surface area contributed by atoms with Crippen LogP contribution in [0.4, 0.5) is 0 Å². The molecule has 0 atom stereocenters. The van der Waals surface area contributed by atoms with E-state index < -0.39 is 0 Å². The summed E-state index contributed by atoms with van der Waals surface area (Å²) in [4.78, 5) is 0. The third-order valence-corrected chi connectivity index (χ3v) is 4.73. The molecule has 0 unspecified atom stereocenters. The number of aromatic nitrogens is 2. The van der Waals surface area contributed by atoms with Crippen LogP contribution in [0, 0.1) is 0 Å². The summed E-state index contributed by atoms with van der Waals surface area (Å²) >= 11 is 6.29. The molecule has 0 saturated heterocycles. The van der Waals surface area contributed by atoms with E-state index in [1.54, 1.807) is 0 Å². The fourth-order valence-corrected chi connectivity index (χ4v) is 3.63. The number of hydrogen-bond acceptors (Lipinski definition) is 1. The zero-order valence-corrected chi connectivity index (χ0v) is 13.5. The summed E-state index contributed by atoms with van der Waals surface area (Å²) in [5.41, 5.74) is 4.59. The number of halogens is 1. The summed E-state index contributed by atoms with van der Waals surface area (Å²) in [5.74, 6) is 0. The highest BCUT2D eigenvalue weighted by Gasteiger charge is 2.16. The average Bonchev–Trinajstić information content (AvgIpc) is 2.97. The molecule has 2 nitrogen and oxygen atoms in total. The highest BCUT2D eigenvalue weighted by atomic mass is 35.5. The van der Waals surface area contributed by atoms with E-state index in [-0.39, 0.29) is 0 Å². The van der Waals surface area contributed by atoms with Gasteiger partial charge in [0.2, 0.25) is 0 Å². The number of nitrogens with zero attached hydrogens (tertiary/aromatic N) is 2. The standard InChI is InChI=1S/C21H13ClN2/c22-16-11-10-15-13-23-24-19-9-5-4-8-17(19)20(21(24)18(15)12-16)14-6-2-1-3-7-14/h1-13H. The normalized spacial score (nSPS) is 11.5. The molecule has 2 aromatic heterocycles. The van der Waals surface area contributed by atoms with Crippen molar-refractivity contribution in [2.24, 2.45) is 0 Å². The second-order valence-corrected chi connectivity index (χ2v) is 6.33. The van der Waals surface area contributed by atoms with E-state index in [9.17, 15) is 0 Å². The Bertz CT molecular complexity index is 1210. The van der Waals surface area contributed by atoms with Crippen molar-refractivity contribution in [3.8, 4) is 11.1 Å². The van der Waals surface area contributed by atoms with E-state index in [0.29, 0.717) is 0 Å². The molecule has 0 amide bonds. The lowest BCUT2D eigenvalue weighted by atomic mass is 10.0. The first-order valence-corrected chi connectivity index (χ1v) is 8.24. The van der Waals surface area contributed by atoms with Crippen molar-refractivity contribution >= 4 is 38.8 Å². The molecule has 3 heteroatoms. The van der Waals surface area contributed by atoms with Crippen LogP contribution in [-0.4, -0.2) is 9.61 Å². The minimum Gasteiger partial charge on any atom is -0.232 e. The van der Waals surface area contributed by atoms with Crippen LogP contribution >= 0.6 is 11.6 Å². The van der Waals surface area contributed by atoms with Crippen molar-refractivity contribution in [3.05, 3.63) is 84.0 Å². The lowest BCUT2D eigenvalue weighted by Gasteiger charge is -2.05. The van der Waals surface area contributed by atoms with Crippen LogP contribution in [0.15, 0.2) is 79.0 Å². The van der Waals surface area contributed by atoms with E-state index in [2.05, 4.69) is 47.6 Å². The molecule has 5 aromatic rings. The molecule has 0 N–H and O–H groups in total. The Balaban J connectivity index is 2.09. The molecule has 0 aliphatic heterocycles. The van der Waals surface area contributed by atoms with Crippen molar-refractivity contribution in [1.82, 2.24) is 9.61 Å². The Morgan fingerprint density at radius 3 is 2.46 bits per heavy atom. The van der Waals surface area contributed by atoms with Crippen LogP contribution in [0.25, 0.3) is 38.3 Å². The zero-order chi connectivity index (χ0) is 16.1. The second kappa shape index (κ2) is 5.08.